The Hall–Kier alpha value is -1.75. The van der Waals surface area contributed by atoms with Crippen LogP contribution in [0, 0.1) is 0 Å². The van der Waals surface area contributed by atoms with Gasteiger partial charge in [-0.15, -0.1) is 0 Å². The minimum absolute atomic E-state index is 0.856. The van der Waals surface area contributed by atoms with Crippen LogP contribution in [0.25, 0.3) is 0 Å². The number of nitrogens with one attached hydrogen (secondary N) is 2. The van der Waals surface area contributed by atoms with Crippen molar-refractivity contribution < 1.29 is 4.74 Å². The molecular formula is C19H34N4O. The molecule has 0 bridgehead atoms. The van der Waals surface area contributed by atoms with E-state index in [-0.39, 0.29) is 0 Å². The van der Waals surface area contributed by atoms with E-state index in [9.17, 15) is 0 Å². The van der Waals surface area contributed by atoms with Crippen LogP contribution in [0.1, 0.15) is 32.8 Å². The molecule has 5 heteroatoms. The predicted molar refractivity (Wildman–Crippen MR) is 103 cm³/mol. The van der Waals surface area contributed by atoms with E-state index in [4.69, 9.17) is 4.74 Å². The van der Waals surface area contributed by atoms with Crippen molar-refractivity contribution >= 4 is 5.96 Å². The first kappa shape index (κ1) is 20.3. The maximum absolute atomic E-state index is 5.18. The molecule has 0 heterocycles. The topological polar surface area (TPSA) is 48.9 Å². The summed E-state index contributed by atoms with van der Waals surface area (Å²) in [6.07, 6.45) is 2.06. The number of methoxy groups -OCH3 is 1. The zero-order valence-electron chi connectivity index (χ0n) is 15.8. The summed E-state index contributed by atoms with van der Waals surface area (Å²) in [6, 6.07) is 8.22. The average molecular weight is 335 g/mol. The second-order valence-electron chi connectivity index (χ2n) is 5.67. The lowest BCUT2D eigenvalue weighted by Crippen LogP contribution is -2.38. The van der Waals surface area contributed by atoms with Gasteiger partial charge in [0.2, 0.25) is 0 Å². The zero-order valence-corrected chi connectivity index (χ0v) is 15.8. The molecule has 0 atom stereocenters. The standard InChI is InChI=1S/C19H34N4O/c1-5-20-19(21-14-8-16-23(6-2)7-3)22-15-13-17-9-11-18(24-4)12-10-17/h9-12H,5-8,13-16H2,1-4H3,(H2,20,21,22). The Morgan fingerprint density at radius 1 is 1.08 bits per heavy atom. The SMILES string of the molecule is CCNC(=NCCCN(CC)CC)NCCc1ccc(OC)cc1. The highest BCUT2D eigenvalue weighted by Crippen LogP contribution is 2.11. The lowest BCUT2D eigenvalue weighted by Gasteiger charge is -2.17. The maximum atomic E-state index is 5.18. The smallest absolute Gasteiger partial charge is 0.191 e. The molecule has 0 fully saturated rings. The van der Waals surface area contributed by atoms with Crippen molar-refractivity contribution in [2.24, 2.45) is 4.99 Å². The monoisotopic (exact) mass is 334 g/mol. The fourth-order valence-electron chi connectivity index (χ4n) is 2.48. The van der Waals surface area contributed by atoms with Crippen LogP contribution in [0.4, 0.5) is 0 Å². The molecule has 0 radical (unpaired) electrons. The molecule has 24 heavy (non-hydrogen) atoms. The van der Waals surface area contributed by atoms with Crippen molar-refractivity contribution in [3.05, 3.63) is 29.8 Å². The van der Waals surface area contributed by atoms with Crippen molar-refractivity contribution in [2.45, 2.75) is 33.6 Å². The van der Waals surface area contributed by atoms with Gasteiger partial charge in [-0.1, -0.05) is 26.0 Å². The molecule has 0 aliphatic rings. The van der Waals surface area contributed by atoms with Gasteiger partial charge >= 0.3 is 0 Å². The molecule has 136 valence electrons. The quantitative estimate of drug-likeness (QED) is 0.371. The summed E-state index contributed by atoms with van der Waals surface area (Å²) in [5.74, 6) is 1.81. The summed E-state index contributed by atoms with van der Waals surface area (Å²) in [4.78, 5) is 7.09. The molecule has 0 spiro atoms. The van der Waals surface area contributed by atoms with Gasteiger partial charge in [0.1, 0.15) is 5.75 Å². The highest BCUT2D eigenvalue weighted by Gasteiger charge is 2.00. The van der Waals surface area contributed by atoms with E-state index in [2.05, 4.69) is 53.4 Å². The molecule has 0 saturated heterocycles. The summed E-state index contributed by atoms with van der Waals surface area (Å²) >= 11 is 0. The Morgan fingerprint density at radius 3 is 2.38 bits per heavy atom. The van der Waals surface area contributed by atoms with Crippen molar-refractivity contribution in [1.29, 1.82) is 0 Å². The molecule has 0 saturated carbocycles. The lowest BCUT2D eigenvalue weighted by atomic mass is 10.1. The highest BCUT2D eigenvalue weighted by atomic mass is 16.5. The van der Waals surface area contributed by atoms with E-state index in [1.165, 1.54) is 5.56 Å². The van der Waals surface area contributed by atoms with Gasteiger partial charge in [0.25, 0.3) is 0 Å². The van der Waals surface area contributed by atoms with Crippen LogP contribution in [-0.4, -0.2) is 57.2 Å². The van der Waals surface area contributed by atoms with Crippen LogP contribution in [0.15, 0.2) is 29.3 Å². The van der Waals surface area contributed by atoms with E-state index in [0.29, 0.717) is 0 Å². The van der Waals surface area contributed by atoms with E-state index in [1.54, 1.807) is 7.11 Å². The second kappa shape index (κ2) is 12.6. The van der Waals surface area contributed by atoms with Gasteiger partial charge in [-0.2, -0.15) is 0 Å². The third-order valence-electron chi connectivity index (χ3n) is 4.01. The van der Waals surface area contributed by atoms with Gasteiger partial charge in [-0.25, -0.2) is 0 Å². The third-order valence-corrected chi connectivity index (χ3v) is 4.01. The molecule has 0 aliphatic carbocycles. The van der Waals surface area contributed by atoms with E-state index < -0.39 is 0 Å². The molecule has 0 aromatic heterocycles. The van der Waals surface area contributed by atoms with Crippen LogP contribution < -0.4 is 15.4 Å². The Bertz CT molecular complexity index is 455. The molecule has 0 unspecified atom stereocenters. The fraction of sp³-hybridized carbons (Fsp3) is 0.632. The number of hydrogen-bond acceptors (Lipinski definition) is 3. The molecule has 2 N–H and O–H groups in total. The van der Waals surface area contributed by atoms with Crippen LogP contribution in [-0.2, 0) is 6.42 Å². The molecule has 1 aromatic rings. The van der Waals surface area contributed by atoms with Gasteiger partial charge in [-0.3, -0.25) is 4.99 Å². The number of ether oxygens (including phenoxy) is 1. The third kappa shape index (κ3) is 8.20. The molecule has 0 aliphatic heterocycles. The molecular weight excluding hydrogens is 300 g/mol. The normalized spacial score (nSPS) is 11.6. The number of aliphatic imine (C=N–C) groups is 1. The van der Waals surface area contributed by atoms with Gasteiger partial charge in [-0.05, 0) is 57.1 Å². The number of hydrogen-bond donors (Lipinski definition) is 2. The van der Waals surface area contributed by atoms with Crippen molar-refractivity contribution in [3.8, 4) is 5.75 Å². The van der Waals surface area contributed by atoms with Crippen molar-refractivity contribution in [1.82, 2.24) is 15.5 Å². The van der Waals surface area contributed by atoms with E-state index in [0.717, 1.165) is 63.8 Å². The van der Waals surface area contributed by atoms with Gasteiger partial charge in [0.05, 0.1) is 7.11 Å². The number of benzene rings is 1. The van der Waals surface area contributed by atoms with Gasteiger partial charge in [0.15, 0.2) is 5.96 Å². The largest absolute Gasteiger partial charge is 0.497 e. The summed E-state index contributed by atoms with van der Waals surface area (Å²) in [6.45, 7) is 12.4. The fourth-order valence-corrected chi connectivity index (χ4v) is 2.48. The van der Waals surface area contributed by atoms with E-state index >= 15 is 0 Å². The second-order valence-corrected chi connectivity index (χ2v) is 5.67. The predicted octanol–water partition coefficient (Wildman–Crippen LogP) is 2.52. The summed E-state index contributed by atoms with van der Waals surface area (Å²) in [7, 11) is 1.69. The first-order valence-electron chi connectivity index (χ1n) is 9.10. The zero-order chi connectivity index (χ0) is 17.6. The Kier molecular flexibility index (Phi) is 10.7. The minimum Gasteiger partial charge on any atom is -0.497 e. The van der Waals surface area contributed by atoms with Gasteiger partial charge in [0, 0.05) is 19.6 Å². The van der Waals surface area contributed by atoms with Gasteiger partial charge < -0.3 is 20.3 Å². The minimum atomic E-state index is 0.856. The Balaban J connectivity index is 2.34. The molecule has 0 amide bonds. The molecule has 5 nitrogen and oxygen atoms in total. The molecule has 1 rings (SSSR count). The summed E-state index contributed by atoms with van der Waals surface area (Å²) in [5.41, 5.74) is 1.29. The number of rotatable bonds is 11. The number of guanidine groups is 1. The summed E-state index contributed by atoms with van der Waals surface area (Å²) in [5, 5.41) is 6.72. The van der Waals surface area contributed by atoms with Crippen molar-refractivity contribution in [3.63, 3.8) is 0 Å². The van der Waals surface area contributed by atoms with Crippen LogP contribution >= 0.6 is 0 Å². The Labute approximate surface area is 147 Å². The lowest BCUT2D eigenvalue weighted by molar-refractivity contribution is 0.302. The first-order chi connectivity index (χ1) is 11.7. The number of nitrogens with zero attached hydrogens (tertiary/aromatic N) is 2. The molecule has 1 aromatic carbocycles. The van der Waals surface area contributed by atoms with Crippen molar-refractivity contribution in [2.75, 3.05) is 46.4 Å². The van der Waals surface area contributed by atoms with Crippen LogP contribution in [0.3, 0.4) is 0 Å². The first-order valence-corrected chi connectivity index (χ1v) is 9.10. The Morgan fingerprint density at radius 2 is 1.79 bits per heavy atom. The van der Waals surface area contributed by atoms with E-state index in [1.807, 2.05) is 12.1 Å². The summed E-state index contributed by atoms with van der Waals surface area (Å²) < 4.78 is 5.18. The van der Waals surface area contributed by atoms with Crippen LogP contribution in [0.2, 0.25) is 0 Å². The van der Waals surface area contributed by atoms with Crippen LogP contribution in [0.5, 0.6) is 5.75 Å². The maximum Gasteiger partial charge on any atom is 0.191 e. The highest BCUT2D eigenvalue weighted by molar-refractivity contribution is 5.79. The average Bonchev–Trinajstić information content (AvgIpc) is 2.62.